The second kappa shape index (κ2) is 4.23. The third-order valence-corrected chi connectivity index (χ3v) is 2.24. The summed E-state index contributed by atoms with van der Waals surface area (Å²) < 4.78 is 14.3. The Labute approximate surface area is 93.2 Å². The summed E-state index contributed by atoms with van der Waals surface area (Å²) in [5.41, 5.74) is -0.260. The Morgan fingerprint density at radius 3 is 2.92 bits per heavy atom. The quantitative estimate of drug-likeness (QED) is 0.768. The summed E-state index contributed by atoms with van der Waals surface area (Å²) in [4.78, 5) is 11.3. The SMILES string of the molecule is C=C(Cl)Cn1cc(F)cc(I)c1=O. The van der Waals surface area contributed by atoms with Gasteiger partial charge in [0.25, 0.3) is 5.56 Å². The summed E-state index contributed by atoms with van der Waals surface area (Å²) in [5.74, 6) is -0.457. The lowest BCUT2D eigenvalue weighted by Gasteiger charge is -2.04. The van der Waals surface area contributed by atoms with Gasteiger partial charge in [-0.25, -0.2) is 4.39 Å². The molecule has 0 aliphatic carbocycles. The van der Waals surface area contributed by atoms with Gasteiger partial charge in [0.2, 0.25) is 0 Å². The van der Waals surface area contributed by atoms with Gasteiger partial charge in [-0.3, -0.25) is 4.79 Å². The zero-order chi connectivity index (χ0) is 10.0. The molecular formula is C8H6ClFINO. The molecule has 0 atom stereocenters. The van der Waals surface area contributed by atoms with Crippen LogP contribution in [0.1, 0.15) is 0 Å². The van der Waals surface area contributed by atoms with Crippen molar-refractivity contribution >= 4 is 34.2 Å². The summed E-state index contributed by atoms with van der Waals surface area (Å²) in [5, 5.41) is 0.295. The lowest BCUT2D eigenvalue weighted by atomic mass is 10.4. The highest BCUT2D eigenvalue weighted by Crippen LogP contribution is 2.04. The molecule has 0 saturated heterocycles. The predicted molar refractivity (Wildman–Crippen MR) is 58.4 cm³/mol. The first-order chi connectivity index (χ1) is 6.00. The van der Waals surface area contributed by atoms with Crippen molar-refractivity contribution in [3.05, 3.63) is 43.6 Å². The molecule has 70 valence electrons. The molecule has 0 bridgehead atoms. The fourth-order valence-corrected chi connectivity index (χ4v) is 1.60. The van der Waals surface area contributed by atoms with Gasteiger partial charge in [-0.2, -0.15) is 0 Å². The third kappa shape index (κ3) is 2.80. The van der Waals surface area contributed by atoms with Gasteiger partial charge in [-0.1, -0.05) is 18.2 Å². The number of pyridine rings is 1. The molecule has 0 fully saturated rings. The number of aromatic nitrogens is 1. The van der Waals surface area contributed by atoms with Crippen molar-refractivity contribution < 1.29 is 4.39 Å². The summed E-state index contributed by atoms with van der Waals surface area (Å²) in [6.07, 6.45) is 1.11. The number of hydrogen-bond acceptors (Lipinski definition) is 1. The highest BCUT2D eigenvalue weighted by Gasteiger charge is 2.04. The molecule has 0 saturated carbocycles. The molecule has 13 heavy (non-hydrogen) atoms. The molecule has 0 unspecified atom stereocenters. The zero-order valence-corrected chi connectivity index (χ0v) is 9.47. The molecule has 1 aromatic rings. The molecular weight excluding hydrogens is 307 g/mol. The maximum Gasteiger partial charge on any atom is 0.264 e. The van der Waals surface area contributed by atoms with Crippen molar-refractivity contribution in [1.29, 1.82) is 0 Å². The summed E-state index contributed by atoms with van der Waals surface area (Å²) in [6.45, 7) is 3.56. The van der Waals surface area contributed by atoms with E-state index in [0.29, 0.717) is 8.60 Å². The Morgan fingerprint density at radius 2 is 2.38 bits per heavy atom. The standard InChI is InChI=1S/C8H6ClFINO/c1-5(9)3-12-4-6(10)2-7(11)8(12)13/h2,4H,1,3H2. The lowest BCUT2D eigenvalue weighted by Crippen LogP contribution is -2.22. The normalized spacial score (nSPS) is 10.1. The molecule has 0 radical (unpaired) electrons. The molecule has 0 amide bonds. The van der Waals surface area contributed by atoms with E-state index in [1.54, 1.807) is 22.6 Å². The van der Waals surface area contributed by atoms with Gasteiger partial charge in [-0.05, 0) is 28.7 Å². The third-order valence-electron chi connectivity index (χ3n) is 1.35. The van der Waals surface area contributed by atoms with Gasteiger partial charge < -0.3 is 4.57 Å². The first kappa shape index (κ1) is 10.7. The Hall–Kier alpha value is -0.360. The van der Waals surface area contributed by atoms with E-state index in [4.69, 9.17) is 11.6 Å². The van der Waals surface area contributed by atoms with E-state index in [1.807, 2.05) is 0 Å². The van der Waals surface area contributed by atoms with Gasteiger partial charge in [0.1, 0.15) is 5.82 Å². The van der Waals surface area contributed by atoms with Crippen molar-refractivity contribution in [1.82, 2.24) is 4.57 Å². The van der Waals surface area contributed by atoms with Gasteiger partial charge in [0.05, 0.1) is 10.1 Å². The van der Waals surface area contributed by atoms with E-state index in [2.05, 4.69) is 6.58 Å². The fraction of sp³-hybridized carbons (Fsp3) is 0.125. The fourth-order valence-electron chi connectivity index (χ4n) is 0.867. The average molecular weight is 313 g/mol. The van der Waals surface area contributed by atoms with E-state index in [1.165, 1.54) is 10.6 Å². The van der Waals surface area contributed by atoms with E-state index in [0.717, 1.165) is 6.20 Å². The van der Waals surface area contributed by atoms with Crippen LogP contribution in [0.25, 0.3) is 0 Å². The predicted octanol–water partition coefficient (Wildman–Crippen LogP) is 2.34. The minimum atomic E-state index is -0.457. The number of halogens is 3. The minimum absolute atomic E-state index is 0.133. The summed E-state index contributed by atoms with van der Waals surface area (Å²) in [6, 6.07) is 1.18. The van der Waals surface area contributed by atoms with Crippen molar-refractivity contribution in [3.63, 3.8) is 0 Å². The van der Waals surface area contributed by atoms with E-state index in [9.17, 15) is 9.18 Å². The van der Waals surface area contributed by atoms with Crippen LogP contribution >= 0.6 is 34.2 Å². The van der Waals surface area contributed by atoms with E-state index in [-0.39, 0.29) is 12.1 Å². The monoisotopic (exact) mass is 313 g/mol. The number of nitrogens with zero attached hydrogens (tertiary/aromatic N) is 1. The molecule has 0 aliphatic rings. The van der Waals surface area contributed by atoms with Crippen LogP contribution in [0.5, 0.6) is 0 Å². The van der Waals surface area contributed by atoms with Crippen molar-refractivity contribution in [2.45, 2.75) is 6.54 Å². The van der Waals surface area contributed by atoms with Crippen LogP contribution in [0.15, 0.2) is 28.7 Å². The van der Waals surface area contributed by atoms with Crippen LogP contribution < -0.4 is 5.56 Å². The second-order valence-corrected chi connectivity index (χ2v) is 4.15. The smallest absolute Gasteiger partial charge is 0.264 e. The van der Waals surface area contributed by atoms with Crippen LogP contribution in [0, 0.1) is 9.39 Å². The molecule has 1 rings (SSSR count). The maximum absolute atomic E-state index is 12.8. The number of allylic oxidation sites excluding steroid dienone is 1. The highest BCUT2D eigenvalue weighted by atomic mass is 127. The van der Waals surface area contributed by atoms with E-state index < -0.39 is 5.82 Å². The van der Waals surface area contributed by atoms with Gasteiger partial charge in [-0.15, -0.1) is 0 Å². The van der Waals surface area contributed by atoms with Gasteiger partial charge in [0.15, 0.2) is 0 Å². The topological polar surface area (TPSA) is 22.0 Å². The van der Waals surface area contributed by atoms with Gasteiger partial charge >= 0.3 is 0 Å². The van der Waals surface area contributed by atoms with Crippen LogP contribution in [0.2, 0.25) is 0 Å². The van der Waals surface area contributed by atoms with Crippen LogP contribution in [-0.2, 0) is 6.54 Å². The minimum Gasteiger partial charge on any atom is -0.306 e. The Bertz CT molecular complexity index is 402. The highest BCUT2D eigenvalue weighted by molar-refractivity contribution is 14.1. The second-order valence-electron chi connectivity index (χ2n) is 2.46. The summed E-state index contributed by atoms with van der Waals surface area (Å²) >= 11 is 7.29. The summed E-state index contributed by atoms with van der Waals surface area (Å²) in [7, 11) is 0. The molecule has 0 aliphatic heterocycles. The zero-order valence-electron chi connectivity index (χ0n) is 6.56. The molecule has 0 N–H and O–H groups in total. The molecule has 5 heteroatoms. The molecule has 2 nitrogen and oxygen atoms in total. The Kier molecular flexibility index (Phi) is 3.49. The molecule has 0 spiro atoms. The van der Waals surface area contributed by atoms with Crippen LogP contribution in [0.4, 0.5) is 4.39 Å². The van der Waals surface area contributed by atoms with Crippen LogP contribution in [-0.4, -0.2) is 4.57 Å². The van der Waals surface area contributed by atoms with Crippen molar-refractivity contribution in [3.8, 4) is 0 Å². The van der Waals surface area contributed by atoms with Crippen molar-refractivity contribution in [2.75, 3.05) is 0 Å². The van der Waals surface area contributed by atoms with Gasteiger partial charge in [0, 0.05) is 11.2 Å². The lowest BCUT2D eigenvalue weighted by molar-refractivity contribution is 0.594. The van der Waals surface area contributed by atoms with Crippen molar-refractivity contribution in [2.24, 2.45) is 0 Å². The maximum atomic E-state index is 12.8. The molecule has 1 aromatic heterocycles. The first-order valence-corrected chi connectivity index (χ1v) is 4.85. The Balaban J connectivity index is 3.21. The van der Waals surface area contributed by atoms with Crippen LogP contribution in [0.3, 0.4) is 0 Å². The first-order valence-electron chi connectivity index (χ1n) is 3.39. The largest absolute Gasteiger partial charge is 0.306 e. The molecule has 1 heterocycles. The molecule has 0 aromatic carbocycles. The Morgan fingerprint density at radius 1 is 1.77 bits per heavy atom. The number of hydrogen-bond donors (Lipinski definition) is 0. The average Bonchev–Trinajstić information content (AvgIpc) is 1.98. The van der Waals surface area contributed by atoms with E-state index >= 15 is 0 Å². The number of rotatable bonds is 2.